The molecule has 0 bridgehead atoms. The highest BCUT2D eigenvalue weighted by atomic mass is 16.7. The summed E-state index contributed by atoms with van der Waals surface area (Å²) in [5.41, 5.74) is 2.69. The maximum absolute atomic E-state index is 12.7. The molecule has 8 nitrogen and oxygen atoms in total. The molecule has 0 aromatic heterocycles. The predicted molar refractivity (Wildman–Crippen MR) is 105 cm³/mol. The van der Waals surface area contributed by atoms with Crippen molar-refractivity contribution in [2.24, 2.45) is 0 Å². The monoisotopic (exact) mass is 410 g/mol. The van der Waals surface area contributed by atoms with E-state index in [0.29, 0.717) is 55.8 Å². The summed E-state index contributed by atoms with van der Waals surface area (Å²) in [6, 6.07) is 6.46. The largest absolute Gasteiger partial charge is 0.507 e. The van der Waals surface area contributed by atoms with Crippen molar-refractivity contribution in [3.05, 3.63) is 46.5 Å². The van der Waals surface area contributed by atoms with E-state index < -0.39 is 5.97 Å². The molecule has 0 saturated heterocycles. The Morgan fingerprint density at radius 3 is 2.27 bits per heavy atom. The minimum absolute atomic E-state index is 0.0296. The van der Waals surface area contributed by atoms with Crippen LogP contribution in [-0.4, -0.2) is 35.2 Å². The summed E-state index contributed by atoms with van der Waals surface area (Å²) in [7, 11) is 1.49. The Hall–Kier alpha value is -3.49. The maximum Gasteiger partial charge on any atom is 0.339 e. The van der Waals surface area contributed by atoms with Gasteiger partial charge in [-0.1, -0.05) is 0 Å². The summed E-state index contributed by atoms with van der Waals surface area (Å²) in [4.78, 5) is 12.7. The first kappa shape index (κ1) is 18.5. The third-order valence-electron chi connectivity index (χ3n) is 5.54. The van der Waals surface area contributed by atoms with Gasteiger partial charge < -0.3 is 34.3 Å². The number of cyclic esters (lactones) is 1. The number of esters is 1. The van der Waals surface area contributed by atoms with Crippen LogP contribution in [0.3, 0.4) is 0 Å². The molecule has 154 valence electrons. The van der Waals surface area contributed by atoms with Crippen molar-refractivity contribution in [3.63, 3.8) is 0 Å². The summed E-state index contributed by atoms with van der Waals surface area (Å²) in [6.45, 7) is -0.508. The SMILES string of the molecule is COc1c2c(c(-c3cc4c(cc3O)OCO4)c3cc(CO)c(CO)cc13)C(=O)OC2. The number of fused-ring (bicyclic) bond motifs is 3. The van der Waals surface area contributed by atoms with Crippen molar-refractivity contribution in [1.29, 1.82) is 0 Å². The van der Waals surface area contributed by atoms with Gasteiger partial charge in [0.25, 0.3) is 0 Å². The number of hydrogen-bond donors (Lipinski definition) is 3. The maximum atomic E-state index is 12.7. The molecule has 0 saturated carbocycles. The van der Waals surface area contributed by atoms with Gasteiger partial charge in [-0.2, -0.15) is 0 Å². The zero-order valence-electron chi connectivity index (χ0n) is 16.0. The van der Waals surface area contributed by atoms with Crippen LogP contribution in [0.4, 0.5) is 0 Å². The fraction of sp³-hybridized carbons (Fsp3) is 0.227. The third kappa shape index (κ3) is 2.51. The second-order valence-electron chi connectivity index (χ2n) is 7.04. The summed E-state index contributed by atoms with van der Waals surface area (Å²) in [6.07, 6.45) is 0. The molecule has 0 atom stereocenters. The van der Waals surface area contributed by atoms with E-state index in [9.17, 15) is 20.1 Å². The van der Waals surface area contributed by atoms with Crippen molar-refractivity contribution < 1.29 is 39.1 Å². The summed E-state index contributed by atoms with van der Waals surface area (Å²) in [5, 5.41) is 31.5. The highest BCUT2D eigenvalue weighted by Crippen LogP contribution is 2.50. The molecular formula is C22H18O8. The second-order valence-corrected chi connectivity index (χ2v) is 7.04. The fourth-order valence-electron chi connectivity index (χ4n) is 4.16. The van der Waals surface area contributed by atoms with Crippen molar-refractivity contribution in [2.45, 2.75) is 19.8 Å². The lowest BCUT2D eigenvalue weighted by atomic mass is 9.87. The van der Waals surface area contributed by atoms with Crippen molar-refractivity contribution in [2.75, 3.05) is 13.9 Å². The van der Waals surface area contributed by atoms with E-state index in [0.717, 1.165) is 0 Å². The molecule has 3 aromatic rings. The Labute approximate surface area is 170 Å². The number of aromatic hydroxyl groups is 1. The topological polar surface area (TPSA) is 115 Å². The number of carbonyl (C=O) groups excluding carboxylic acids is 1. The fourth-order valence-corrected chi connectivity index (χ4v) is 4.16. The van der Waals surface area contributed by atoms with E-state index in [2.05, 4.69) is 0 Å². The molecule has 5 rings (SSSR count). The molecule has 2 aliphatic heterocycles. The van der Waals surface area contributed by atoms with E-state index >= 15 is 0 Å². The number of phenolic OH excluding ortho intramolecular Hbond substituents is 1. The minimum Gasteiger partial charge on any atom is -0.507 e. The predicted octanol–water partition coefficient (Wildman–Crippen LogP) is 2.60. The number of ether oxygens (including phenoxy) is 4. The van der Waals surface area contributed by atoms with Gasteiger partial charge in [0.2, 0.25) is 6.79 Å². The molecule has 0 fully saturated rings. The van der Waals surface area contributed by atoms with Gasteiger partial charge in [-0.25, -0.2) is 4.79 Å². The number of aliphatic hydroxyl groups excluding tert-OH is 2. The minimum atomic E-state index is -0.533. The number of phenols is 1. The normalized spacial score (nSPS) is 14.2. The number of aliphatic hydroxyl groups is 2. The highest BCUT2D eigenvalue weighted by molar-refractivity contribution is 6.14. The summed E-state index contributed by atoms with van der Waals surface area (Å²) >= 11 is 0. The van der Waals surface area contributed by atoms with Crippen LogP contribution in [-0.2, 0) is 24.6 Å². The Kier molecular flexibility index (Phi) is 4.19. The van der Waals surface area contributed by atoms with Gasteiger partial charge >= 0.3 is 5.97 Å². The average Bonchev–Trinajstić information content (AvgIpc) is 3.37. The number of benzene rings is 3. The molecule has 0 unspecified atom stereocenters. The van der Waals surface area contributed by atoms with E-state index in [4.69, 9.17) is 18.9 Å². The van der Waals surface area contributed by atoms with Crippen LogP contribution in [0.5, 0.6) is 23.0 Å². The number of carbonyl (C=O) groups is 1. The Balaban J connectivity index is 1.94. The van der Waals surface area contributed by atoms with Gasteiger partial charge in [0.1, 0.15) is 18.1 Å². The molecule has 2 aliphatic rings. The van der Waals surface area contributed by atoms with Gasteiger partial charge in [0, 0.05) is 28.1 Å². The van der Waals surface area contributed by atoms with Crippen LogP contribution in [0.15, 0.2) is 24.3 Å². The van der Waals surface area contributed by atoms with Gasteiger partial charge in [0.05, 0.1) is 25.9 Å². The standard InChI is InChI=1S/C22H18O8/c1-27-21-13-3-11(7-24)10(6-23)2-12(13)19(20-15(21)8-28-22(20)26)14-4-17-18(5-16(14)25)30-9-29-17/h2-5,23-25H,6-9H2,1H3. The first-order chi connectivity index (χ1) is 14.6. The molecule has 0 amide bonds. The van der Waals surface area contributed by atoms with Gasteiger partial charge in [0.15, 0.2) is 11.5 Å². The molecular weight excluding hydrogens is 392 g/mol. The first-order valence-electron chi connectivity index (χ1n) is 9.27. The molecule has 2 heterocycles. The van der Waals surface area contributed by atoms with Crippen LogP contribution >= 0.6 is 0 Å². The van der Waals surface area contributed by atoms with Gasteiger partial charge in [-0.05, 0) is 34.7 Å². The van der Waals surface area contributed by atoms with Crippen LogP contribution in [0.1, 0.15) is 27.0 Å². The second kappa shape index (κ2) is 6.79. The van der Waals surface area contributed by atoms with Crippen LogP contribution < -0.4 is 14.2 Å². The lowest BCUT2D eigenvalue weighted by molar-refractivity contribution is 0.0535. The molecule has 3 N–H and O–H groups in total. The van der Waals surface area contributed by atoms with Gasteiger partial charge in [-0.3, -0.25) is 0 Å². The molecule has 0 aliphatic carbocycles. The number of methoxy groups -OCH3 is 1. The van der Waals surface area contributed by atoms with E-state index in [-0.39, 0.29) is 37.9 Å². The van der Waals surface area contributed by atoms with Crippen LogP contribution in [0, 0.1) is 0 Å². The van der Waals surface area contributed by atoms with Crippen molar-refractivity contribution in [3.8, 4) is 34.1 Å². The molecule has 0 radical (unpaired) electrons. The van der Waals surface area contributed by atoms with E-state index in [1.807, 2.05) is 0 Å². The van der Waals surface area contributed by atoms with Crippen molar-refractivity contribution in [1.82, 2.24) is 0 Å². The summed E-state index contributed by atoms with van der Waals surface area (Å²) < 4.78 is 21.7. The molecule has 30 heavy (non-hydrogen) atoms. The highest BCUT2D eigenvalue weighted by Gasteiger charge is 2.34. The lowest BCUT2D eigenvalue weighted by Crippen LogP contribution is -2.03. The van der Waals surface area contributed by atoms with E-state index in [1.165, 1.54) is 13.2 Å². The zero-order valence-corrected chi connectivity index (χ0v) is 16.0. The Bertz CT molecular complexity index is 1210. The average molecular weight is 410 g/mol. The lowest BCUT2D eigenvalue weighted by Gasteiger charge is -2.18. The first-order valence-corrected chi connectivity index (χ1v) is 9.27. The Morgan fingerprint density at radius 1 is 0.933 bits per heavy atom. The van der Waals surface area contributed by atoms with Gasteiger partial charge in [-0.15, -0.1) is 0 Å². The third-order valence-corrected chi connectivity index (χ3v) is 5.54. The van der Waals surface area contributed by atoms with Crippen LogP contribution in [0.2, 0.25) is 0 Å². The number of hydrogen-bond acceptors (Lipinski definition) is 8. The quantitative estimate of drug-likeness (QED) is 0.563. The van der Waals surface area contributed by atoms with Crippen LogP contribution in [0.25, 0.3) is 21.9 Å². The summed E-state index contributed by atoms with van der Waals surface area (Å²) in [5.74, 6) is 0.681. The van der Waals surface area contributed by atoms with E-state index in [1.54, 1.807) is 18.2 Å². The molecule has 3 aromatic carbocycles. The smallest absolute Gasteiger partial charge is 0.339 e. The Morgan fingerprint density at radius 2 is 1.60 bits per heavy atom. The zero-order chi connectivity index (χ0) is 21.0. The number of rotatable bonds is 4. The molecule has 0 spiro atoms. The molecule has 8 heteroatoms. The van der Waals surface area contributed by atoms with Crippen molar-refractivity contribution >= 4 is 16.7 Å².